The number of carboxylic acids is 1. The number of aromatic nitrogens is 3. The summed E-state index contributed by atoms with van der Waals surface area (Å²) in [5, 5.41) is 16.4. The number of ether oxygens (including phenoxy) is 1. The zero-order valence-electron chi connectivity index (χ0n) is 11.1. The zero-order chi connectivity index (χ0) is 14.7. The van der Waals surface area contributed by atoms with E-state index in [-0.39, 0.29) is 11.4 Å². The molecule has 0 aliphatic carbocycles. The van der Waals surface area contributed by atoms with Crippen LogP contribution in [0.1, 0.15) is 30.0 Å². The van der Waals surface area contributed by atoms with Gasteiger partial charge in [-0.25, -0.2) is 13.9 Å². The van der Waals surface area contributed by atoms with Crippen LogP contribution in [-0.4, -0.2) is 32.7 Å². The van der Waals surface area contributed by atoms with E-state index < -0.39 is 11.8 Å². The summed E-state index contributed by atoms with van der Waals surface area (Å²) in [6.45, 7) is 3.91. The molecule has 2 aromatic rings. The average Bonchev–Trinajstić information content (AvgIpc) is 2.85. The number of aromatic carboxylic acids is 1. The lowest BCUT2D eigenvalue weighted by molar-refractivity contribution is 0.0689. The number of halogens is 1. The summed E-state index contributed by atoms with van der Waals surface area (Å²) < 4.78 is 20.3. The fraction of sp³-hybridized carbons (Fsp3) is 0.308. The van der Waals surface area contributed by atoms with Gasteiger partial charge in [0.25, 0.3) is 0 Å². The van der Waals surface area contributed by atoms with Crippen molar-refractivity contribution in [3.05, 3.63) is 35.4 Å². The summed E-state index contributed by atoms with van der Waals surface area (Å²) in [5.74, 6) is -1.54. The van der Waals surface area contributed by atoms with E-state index in [4.69, 9.17) is 9.84 Å². The Labute approximate surface area is 114 Å². The first-order valence-electron chi connectivity index (χ1n) is 6.19. The third kappa shape index (κ3) is 2.47. The van der Waals surface area contributed by atoms with Gasteiger partial charge in [-0.1, -0.05) is 12.1 Å². The third-order valence-corrected chi connectivity index (χ3v) is 2.76. The fourth-order valence-corrected chi connectivity index (χ4v) is 1.89. The molecule has 1 N–H and O–H groups in total. The molecule has 6 nitrogen and oxygen atoms in total. The Kier molecular flexibility index (Phi) is 3.97. The van der Waals surface area contributed by atoms with Crippen LogP contribution in [0, 0.1) is 5.82 Å². The van der Waals surface area contributed by atoms with Gasteiger partial charge < -0.3 is 9.84 Å². The lowest BCUT2D eigenvalue weighted by Crippen LogP contribution is -2.06. The Morgan fingerprint density at radius 2 is 2.20 bits per heavy atom. The van der Waals surface area contributed by atoms with Crippen LogP contribution in [0.25, 0.3) is 5.69 Å². The van der Waals surface area contributed by atoms with Gasteiger partial charge in [0.15, 0.2) is 17.3 Å². The van der Waals surface area contributed by atoms with Crippen molar-refractivity contribution in [2.24, 2.45) is 0 Å². The fourth-order valence-electron chi connectivity index (χ4n) is 1.89. The smallest absolute Gasteiger partial charge is 0.358 e. The molecule has 0 bridgehead atoms. The van der Waals surface area contributed by atoms with Gasteiger partial charge in [-0.15, -0.1) is 5.10 Å². The van der Waals surface area contributed by atoms with E-state index in [2.05, 4.69) is 10.3 Å². The Morgan fingerprint density at radius 1 is 1.45 bits per heavy atom. The molecule has 0 saturated carbocycles. The molecule has 0 saturated heterocycles. The van der Waals surface area contributed by atoms with Crippen molar-refractivity contribution < 1.29 is 19.0 Å². The maximum absolute atomic E-state index is 13.8. The number of benzene rings is 1. The summed E-state index contributed by atoms with van der Waals surface area (Å²) in [6, 6.07) is 4.33. The van der Waals surface area contributed by atoms with Crippen LogP contribution in [0.3, 0.4) is 0 Å². The minimum absolute atomic E-state index is 0.123. The van der Waals surface area contributed by atoms with Crippen LogP contribution >= 0.6 is 0 Å². The van der Waals surface area contributed by atoms with E-state index in [1.165, 1.54) is 16.8 Å². The van der Waals surface area contributed by atoms with Crippen LogP contribution in [-0.2, 0) is 6.42 Å². The molecule has 2 rings (SSSR count). The van der Waals surface area contributed by atoms with Gasteiger partial charge in [-0.2, -0.15) is 0 Å². The van der Waals surface area contributed by atoms with Crippen LogP contribution in [0.15, 0.2) is 18.2 Å². The van der Waals surface area contributed by atoms with Crippen LogP contribution in [0.5, 0.6) is 5.75 Å². The minimum Gasteiger partial charge on any atom is -0.491 e. The molecule has 0 atom stereocenters. The molecule has 20 heavy (non-hydrogen) atoms. The highest BCUT2D eigenvalue weighted by atomic mass is 19.1. The first-order chi connectivity index (χ1) is 9.58. The van der Waals surface area contributed by atoms with Crippen molar-refractivity contribution in [1.29, 1.82) is 0 Å². The highest BCUT2D eigenvalue weighted by Gasteiger charge is 2.19. The Bertz CT molecular complexity index is 640. The molecule has 1 aromatic carbocycles. The number of carboxylic acid groups (broad SMARTS) is 1. The molecule has 0 spiro atoms. The molecular weight excluding hydrogens is 265 g/mol. The normalized spacial score (nSPS) is 10.6. The number of nitrogens with zero attached hydrogens (tertiary/aromatic N) is 3. The molecule has 0 amide bonds. The highest BCUT2D eigenvalue weighted by molar-refractivity contribution is 5.86. The van der Waals surface area contributed by atoms with Crippen molar-refractivity contribution in [2.45, 2.75) is 20.3 Å². The van der Waals surface area contributed by atoms with Gasteiger partial charge in [0.2, 0.25) is 0 Å². The predicted molar refractivity (Wildman–Crippen MR) is 68.8 cm³/mol. The molecule has 0 aliphatic heterocycles. The Hall–Kier alpha value is -2.44. The minimum atomic E-state index is -1.15. The molecular formula is C13H14FN3O3. The standard InChI is InChI=1S/C13H14FN3O3/c1-3-10-12(13(18)19)15-16-17(10)8-5-6-11(20-4-2)9(14)7-8/h5-7H,3-4H2,1-2H3,(H,18,19). The first-order valence-corrected chi connectivity index (χ1v) is 6.19. The maximum atomic E-state index is 13.8. The van der Waals surface area contributed by atoms with E-state index in [1.54, 1.807) is 19.9 Å². The number of hydrogen-bond donors (Lipinski definition) is 1. The number of hydrogen-bond acceptors (Lipinski definition) is 4. The van der Waals surface area contributed by atoms with E-state index in [1.807, 2.05) is 0 Å². The van der Waals surface area contributed by atoms with Crippen molar-refractivity contribution in [1.82, 2.24) is 15.0 Å². The SMILES string of the molecule is CCOc1ccc(-n2nnc(C(=O)O)c2CC)cc1F. The molecule has 0 unspecified atom stereocenters. The lowest BCUT2D eigenvalue weighted by Gasteiger charge is -2.08. The van der Waals surface area contributed by atoms with E-state index in [9.17, 15) is 9.18 Å². The molecule has 1 heterocycles. The second-order valence-electron chi connectivity index (χ2n) is 4.00. The van der Waals surface area contributed by atoms with Gasteiger partial charge in [-0.05, 0) is 25.5 Å². The second-order valence-corrected chi connectivity index (χ2v) is 4.00. The molecule has 1 aromatic heterocycles. The molecule has 0 radical (unpaired) electrons. The molecule has 0 fully saturated rings. The summed E-state index contributed by atoms with van der Waals surface area (Å²) in [5.41, 5.74) is 0.700. The molecule has 0 aliphatic rings. The summed E-state index contributed by atoms with van der Waals surface area (Å²) in [7, 11) is 0. The van der Waals surface area contributed by atoms with E-state index in [0.29, 0.717) is 24.4 Å². The van der Waals surface area contributed by atoms with E-state index >= 15 is 0 Å². The van der Waals surface area contributed by atoms with Crippen LogP contribution < -0.4 is 4.74 Å². The molecule has 7 heteroatoms. The van der Waals surface area contributed by atoms with Gasteiger partial charge in [0, 0.05) is 6.07 Å². The van der Waals surface area contributed by atoms with Gasteiger partial charge in [-0.3, -0.25) is 0 Å². The van der Waals surface area contributed by atoms with Gasteiger partial charge in [0.05, 0.1) is 18.0 Å². The molecule has 106 valence electrons. The summed E-state index contributed by atoms with van der Waals surface area (Å²) in [6.07, 6.45) is 0.420. The van der Waals surface area contributed by atoms with Crippen LogP contribution in [0.4, 0.5) is 4.39 Å². The number of carbonyl (C=O) groups is 1. The third-order valence-electron chi connectivity index (χ3n) is 2.76. The Morgan fingerprint density at radius 3 is 2.75 bits per heavy atom. The van der Waals surface area contributed by atoms with Crippen molar-refractivity contribution in [3.8, 4) is 11.4 Å². The zero-order valence-corrected chi connectivity index (χ0v) is 11.1. The summed E-state index contributed by atoms with van der Waals surface area (Å²) >= 11 is 0. The lowest BCUT2D eigenvalue weighted by atomic mass is 10.2. The van der Waals surface area contributed by atoms with Crippen LogP contribution in [0.2, 0.25) is 0 Å². The first kappa shape index (κ1) is 14.0. The van der Waals surface area contributed by atoms with Crippen molar-refractivity contribution in [2.75, 3.05) is 6.61 Å². The summed E-state index contributed by atoms with van der Waals surface area (Å²) in [4.78, 5) is 11.0. The quantitative estimate of drug-likeness (QED) is 0.906. The Balaban J connectivity index is 2.46. The second kappa shape index (κ2) is 5.68. The monoisotopic (exact) mass is 279 g/mol. The van der Waals surface area contributed by atoms with Gasteiger partial charge in [0.1, 0.15) is 0 Å². The largest absolute Gasteiger partial charge is 0.491 e. The predicted octanol–water partition coefficient (Wildman–Crippen LogP) is 2.07. The number of rotatable bonds is 5. The highest BCUT2D eigenvalue weighted by Crippen LogP contribution is 2.22. The topological polar surface area (TPSA) is 77.2 Å². The van der Waals surface area contributed by atoms with Crippen molar-refractivity contribution >= 4 is 5.97 Å². The van der Waals surface area contributed by atoms with Crippen molar-refractivity contribution in [3.63, 3.8) is 0 Å². The maximum Gasteiger partial charge on any atom is 0.358 e. The average molecular weight is 279 g/mol. The van der Waals surface area contributed by atoms with E-state index in [0.717, 1.165) is 0 Å². The van der Waals surface area contributed by atoms with Gasteiger partial charge >= 0.3 is 5.97 Å².